The Kier molecular flexibility index (Phi) is 6.60. The molecule has 2 aliphatic rings. The van der Waals surface area contributed by atoms with E-state index in [1.807, 2.05) is 6.92 Å². The fourth-order valence-electron chi connectivity index (χ4n) is 5.28. The number of aromatic nitrogens is 1. The van der Waals surface area contributed by atoms with Crippen molar-refractivity contribution in [3.05, 3.63) is 57.9 Å². The normalized spacial score (nSPS) is 20.4. The molecule has 0 saturated heterocycles. The van der Waals surface area contributed by atoms with Crippen LogP contribution in [0.25, 0.3) is 0 Å². The number of nitrogens with one attached hydrogen (secondary N) is 1. The molecule has 1 fully saturated rings. The fraction of sp³-hybridized carbons (Fsp3) is 0.571. The number of Topliss-reactive ketones (excluding diaryl/α,β-unsaturated/α-hetero) is 1. The Morgan fingerprint density at radius 3 is 2.22 bits per heavy atom. The van der Waals surface area contributed by atoms with Crippen LogP contribution in [0.3, 0.4) is 0 Å². The number of benzene rings is 1. The number of esters is 1. The highest BCUT2D eigenvalue weighted by atomic mass is 16.5. The maximum Gasteiger partial charge on any atom is 0.355 e. The number of ether oxygens (including phenoxy) is 1. The van der Waals surface area contributed by atoms with Crippen molar-refractivity contribution in [1.29, 1.82) is 0 Å². The molecule has 4 heteroatoms. The molecule has 0 aliphatic heterocycles. The van der Waals surface area contributed by atoms with Crippen molar-refractivity contribution in [1.82, 2.24) is 4.98 Å². The first-order valence-electron chi connectivity index (χ1n) is 12.3. The summed E-state index contributed by atoms with van der Waals surface area (Å²) in [6, 6.07) is 8.66. The van der Waals surface area contributed by atoms with Crippen LogP contribution >= 0.6 is 0 Å². The Morgan fingerprint density at radius 1 is 0.969 bits per heavy atom. The van der Waals surface area contributed by atoms with E-state index in [2.05, 4.69) is 50.0 Å². The van der Waals surface area contributed by atoms with Crippen molar-refractivity contribution in [3.8, 4) is 0 Å². The molecule has 1 atom stereocenters. The molecular formula is C28H37NO3. The van der Waals surface area contributed by atoms with Crippen LogP contribution in [-0.4, -0.2) is 22.8 Å². The molecule has 1 heterocycles. The predicted molar refractivity (Wildman–Crippen MR) is 128 cm³/mol. The van der Waals surface area contributed by atoms with E-state index in [0.717, 1.165) is 43.4 Å². The molecule has 4 nitrogen and oxygen atoms in total. The van der Waals surface area contributed by atoms with Gasteiger partial charge in [0.05, 0.1) is 0 Å². The van der Waals surface area contributed by atoms with E-state index < -0.39 is 0 Å². The molecule has 2 aromatic rings. The van der Waals surface area contributed by atoms with Gasteiger partial charge in [0, 0.05) is 17.7 Å². The van der Waals surface area contributed by atoms with E-state index in [0.29, 0.717) is 17.7 Å². The molecule has 2 aliphatic carbocycles. The highest BCUT2D eigenvalue weighted by Gasteiger charge is 2.33. The average molecular weight is 436 g/mol. The number of fused-ring (bicyclic) bond motifs is 1. The average Bonchev–Trinajstić information content (AvgIpc) is 3.06. The van der Waals surface area contributed by atoms with Gasteiger partial charge in [0.25, 0.3) is 0 Å². The number of rotatable bonds is 3. The highest BCUT2D eigenvalue weighted by Crippen LogP contribution is 2.36. The molecule has 0 spiro atoms. The number of aromatic amines is 1. The SMILES string of the molecule is Cc1c(C(=O)OC2CCCCCCC2)[nH]c2c1C(=O)CC(c1ccc(C(C)(C)C)cc1)C2. The third-order valence-electron chi connectivity index (χ3n) is 7.27. The van der Waals surface area contributed by atoms with Crippen molar-refractivity contribution in [2.24, 2.45) is 0 Å². The molecule has 0 radical (unpaired) electrons. The lowest BCUT2D eigenvalue weighted by atomic mass is 9.80. The zero-order valence-corrected chi connectivity index (χ0v) is 20.1. The zero-order valence-electron chi connectivity index (χ0n) is 20.1. The van der Waals surface area contributed by atoms with Gasteiger partial charge >= 0.3 is 5.97 Å². The number of H-pyrrole nitrogens is 1. The second kappa shape index (κ2) is 9.25. The van der Waals surface area contributed by atoms with Crippen LogP contribution in [0.4, 0.5) is 0 Å². The minimum atomic E-state index is -0.304. The standard InChI is InChI=1S/C28H37NO3/c1-18-25-23(29-26(18)27(31)32-22-10-8-6-5-7-9-11-22)16-20(17-24(25)30)19-12-14-21(15-13-19)28(2,3)4/h12-15,20,22,29H,5-11,16-17H2,1-4H3. The second-order valence-electron chi connectivity index (χ2n) is 10.8. The molecule has 0 bridgehead atoms. The number of ketones is 1. The van der Waals surface area contributed by atoms with Crippen LogP contribution in [-0.2, 0) is 16.6 Å². The van der Waals surface area contributed by atoms with Crippen LogP contribution < -0.4 is 0 Å². The van der Waals surface area contributed by atoms with Crippen LogP contribution in [0.1, 0.15) is 121 Å². The minimum absolute atomic E-state index is 0.00712. The van der Waals surface area contributed by atoms with E-state index in [4.69, 9.17) is 4.74 Å². The number of hydrogen-bond acceptors (Lipinski definition) is 3. The van der Waals surface area contributed by atoms with Gasteiger partial charge in [0.15, 0.2) is 5.78 Å². The first kappa shape index (κ1) is 22.8. The van der Waals surface area contributed by atoms with Gasteiger partial charge in [-0.05, 0) is 67.1 Å². The summed E-state index contributed by atoms with van der Waals surface area (Å²) < 4.78 is 5.88. The van der Waals surface area contributed by atoms with Gasteiger partial charge in [-0.25, -0.2) is 4.79 Å². The zero-order chi connectivity index (χ0) is 22.9. The van der Waals surface area contributed by atoms with Crippen molar-refractivity contribution < 1.29 is 14.3 Å². The van der Waals surface area contributed by atoms with E-state index in [-0.39, 0.29) is 29.2 Å². The Bertz CT molecular complexity index is 969. The number of carbonyl (C=O) groups is 2. The molecule has 0 amide bonds. The van der Waals surface area contributed by atoms with E-state index in [1.54, 1.807) is 0 Å². The van der Waals surface area contributed by atoms with Crippen molar-refractivity contribution >= 4 is 11.8 Å². The lowest BCUT2D eigenvalue weighted by Crippen LogP contribution is -2.20. The van der Waals surface area contributed by atoms with Gasteiger partial charge < -0.3 is 9.72 Å². The quantitative estimate of drug-likeness (QED) is 0.539. The largest absolute Gasteiger partial charge is 0.458 e. The van der Waals surface area contributed by atoms with E-state index in [9.17, 15) is 9.59 Å². The molecule has 1 N–H and O–H groups in total. The summed E-state index contributed by atoms with van der Waals surface area (Å²) in [6.07, 6.45) is 9.06. The van der Waals surface area contributed by atoms with Gasteiger partial charge in [-0.3, -0.25) is 4.79 Å². The smallest absolute Gasteiger partial charge is 0.355 e. The summed E-state index contributed by atoms with van der Waals surface area (Å²) in [7, 11) is 0. The lowest BCUT2D eigenvalue weighted by Gasteiger charge is -2.24. The van der Waals surface area contributed by atoms with Gasteiger partial charge in [0.2, 0.25) is 0 Å². The minimum Gasteiger partial charge on any atom is -0.458 e. The maximum absolute atomic E-state index is 13.1. The number of hydrogen-bond donors (Lipinski definition) is 1. The third-order valence-corrected chi connectivity index (χ3v) is 7.27. The monoisotopic (exact) mass is 435 g/mol. The Balaban J connectivity index is 1.51. The molecule has 1 aromatic carbocycles. The van der Waals surface area contributed by atoms with E-state index in [1.165, 1.54) is 30.4 Å². The topological polar surface area (TPSA) is 59.2 Å². The summed E-state index contributed by atoms with van der Waals surface area (Å²) in [5.74, 6) is -0.0483. The first-order valence-corrected chi connectivity index (χ1v) is 12.3. The molecule has 1 aromatic heterocycles. The van der Waals surface area contributed by atoms with Crippen molar-refractivity contribution in [2.75, 3.05) is 0 Å². The second-order valence-corrected chi connectivity index (χ2v) is 10.8. The summed E-state index contributed by atoms with van der Waals surface area (Å²) in [5.41, 5.74) is 5.39. The molecule has 172 valence electrons. The predicted octanol–water partition coefficient (Wildman–Crippen LogP) is 6.80. The third kappa shape index (κ3) is 4.84. The molecule has 1 saturated carbocycles. The van der Waals surface area contributed by atoms with Gasteiger partial charge in [0.1, 0.15) is 11.8 Å². The van der Waals surface area contributed by atoms with Crippen LogP contribution in [0.2, 0.25) is 0 Å². The molecule has 1 unspecified atom stereocenters. The summed E-state index contributed by atoms with van der Waals surface area (Å²) >= 11 is 0. The van der Waals surface area contributed by atoms with Crippen molar-refractivity contribution in [3.63, 3.8) is 0 Å². The van der Waals surface area contributed by atoms with Crippen LogP contribution in [0.5, 0.6) is 0 Å². The Morgan fingerprint density at radius 2 is 1.59 bits per heavy atom. The first-order chi connectivity index (χ1) is 15.2. The van der Waals surface area contributed by atoms with E-state index >= 15 is 0 Å². The van der Waals surface area contributed by atoms with Gasteiger partial charge in [-0.1, -0.05) is 64.3 Å². The van der Waals surface area contributed by atoms with Crippen molar-refractivity contribution in [2.45, 2.75) is 103 Å². The van der Waals surface area contributed by atoms with Gasteiger partial charge in [-0.2, -0.15) is 0 Å². The van der Waals surface area contributed by atoms with Crippen LogP contribution in [0, 0.1) is 6.92 Å². The molecule has 4 rings (SSSR count). The summed E-state index contributed by atoms with van der Waals surface area (Å²) in [5, 5.41) is 0. The van der Waals surface area contributed by atoms with Crippen LogP contribution in [0.15, 0.2) is 24.3 Å². The lowest BCUT2D eigenvalue weighted by molar-refractivity contribution is 0.0232. The maximum atomic E-state index is 13.1. The highest BCUT2D eigenvalue weighted by molar-refractivity contribution is 6.03. The number of carbonyl (C=O) groups excluding carboxylic acids is 2. The van der Waals surface area contributed by atoms with Gasteiger partial charge in [-0.15, -0.1) is 0 Å². The fourth-order valence-corrected chi connectivity index (χ4v) is 5.28. The Hall–Kier alpha value is -2.36. The Labute approximate surface area is 192 Å². The molecular weight excluding hydrogens is 398 g/mol. The molecule has 32 heavy (non-hydrogen) atoms. The summed E-state index contributed by atoms with van der Waals surface area (Å²) in [4.78, 5) is 29.3. The summed E-state index contributed by atoms with van der Waals surface area (Å²) in [6.45, 7) is 8.49.